The molecule has 7 heteroatoms. The molecule has 0 radical (unpaired) electrons. The molecule has 0 atom stereocenters. The van der Waals surface area contributed by atoms with E-state index in [2.05, 4.69) is 0 Å². The quantitative estimate of drug-likeness (QED) is 0.369. The van der Waals surface area contributed by atoms with E-state index in [4.69, 9.17) is 10.5 Å². The van der Waals surface area contributed by atoms with E-state index in [1.807, 2.05) is 61.5 Å². The number of anilines is 2. The third-order valence-electron chi connectivity index (χ3n) is 4.41. The summed E-state index contributed by atoms with van der Waals surface area (Å²) < 4.78 is 5.46. The molecule has 3 aromatic rings. The maximum absolute atomic E-state index is 12.9. The van der Waals surface area contributed by atoms with E-state index in [1.165, 1.54) is 17.0 Å². The number of benzene rings is 3. The molecule has 2 N–H and O–H groups in total. The second-order valence-corrected chi connectivity index (χ2v) is 6.61. The molecule has 0 bridgehead atoms. The van der Waals surface area contributed by atoms with E-state index >= 15 is 0 Å². The molecule has 29 heavy (non-hydrogen) atoms. The van der Waals surface area contributed by atoms with Gasteiger partial charge in [0.15, 0.2) is 0 Å². The average molecular weight is 391 g/mol. The number of hydrogen-bond acceptors (Lipinski definition) is 5. The van der Waals surface area contributed by atoms with E-state index in [9.17, 15) is 14.9 Å². The van der Waals surface area contributed by atoms with Crippen LogP contribution in [0.15, 0.2) is 72.8 Å². The Labute approximate surface area is 168 Å². The molecule has 0 heterocycles. The third kappa shape index (κ3) is 5.10. The van der Waals surface area contributed by atoms with Crippen molar-refractivity contribution in [3.05, 3.63) is 99.6 Å². The Balaban J connectivity index is 1.88. The largest absolute Gasteiger partial charge is 0.444 e. The molecule has 148 valence electrons. The van der Waals surface area contributed by atoms with Crippen LogP contribution >= 0.6 is 0 Å². The van der Waals surface area contributed by atoms with Crippen molar-refractivity contribution < 1.29 is 14.5 Å². The van der Waals surface area contributed by atoms with Crippen molar-refractivity contribution in [2.45, 2.75) is 20.1 Å². The Morgan fingerprint density at radius 2 is 1.72 bits per heavy atom. The first-order chi connectivity index (χ1) is 13.9. The number of nitro benzene ring substituents is 1. The summed E-state index contributed by atoms with van der Waals surface area (Å²) in [5.74, 6) is 0. The number of aryl methyl sites for hydroxylation is 1. The second-order valence-electron chi connectivity index (χ2n) is 6.61. The molecular formula is C22H21N3O4. The zero-order chi connectivity index (χ0) is 20.8. The van der Waals surface area contributed by atoms with Gasteiger partial charge in [-0.2, -0.15) is 0 Å². The molecule has 0 aliphatic heterocycles. The fourth-order valence-corrected chi connectivity index (χ4v) is 2.79. The monoisotopic (exact) mass is 391 g/mol. The van der Waals surface area contributed by atoms with E-state index < -0.39 is 11.0 Å². The first kappa shape index (κ1) is 19.9. The van der Waals surface area contributed by atoms with E-state index in [-0.39, 0.29) is 24.5 Å². The van der Waals surface area contributed by atoms with Crippen LogP contribution in [0.2, 0.25) is 0 Å². The number of hydrogen-bond donors (Lipinski definition) is 1. The second kappa shape index (κ2) is 8.88. The van der Waals surface area contributed by atoms with Gasteiger partial charge in [-0.15, -0.1) is 0 Å². The summed E-state index contributed by atoms with van der Waals surface area (Å²) in [4.78, 5) is 24.9. The first-order valence-electron chi connectivity index (χ1n) is 9.01. The number of ether oxygens (including phenoxy) is 1. The molecular weight excluding hydrogens is 370 g/mol. The number of carbonyl (C=O) groups is 1. The fraction of sp³-hybridized carbons (Fsp3) is 0.136. The molecule has 7 nitrogen and oxygen atoms in total. The van der Waals surface area contributed by atoms with Crippen LogP contribution in [0.1, 0.15) is 16.7 Å². The lowest BCUT2D eigenvalue weighted by Crippen LogP contribution is -2.31. The Morgan fingerprint density at radius 3 is 2.38 bits per heavy atom. The van der Waals surface area contributed by atoms with E-state index in [0.717, 1.165) is 16.7 Å². The highest BCUT2D eigenvalue weighted by molar-refractivity contribution is 5.88. The number of nitro groups is 1. The minimum Gasteiger partial charge on any atom is -0.444 e. The van der Waals surface area contributed by atoms with Crippen molar-refractivity contribution in [2.24, 2.45) is 0 Å². The van der Waals surface area contributed by atoms with Crippen molar-refractivity contribution in [2.75, 3.05) is 10.6 Å². The van der Waals surface area contributed by atoms with Crippen LogP contribution in [0.3, 0.4) is 0 Å². The number of amides is 1. The Hall–Kier alpha value is -3.87. The minimum absolute atomic E-state index is 0.0340. The zero-order valence-electron chi connectivity index (χ0n) is 15.9. The normalized spacial score (nSPS) is 10.4. The molecule has 0 saturated carbocycles. The summed E-state index contributed by atoms with van der Waals surface area (Å²) in [5, 5.41) is 11.3. The van der Waals surface area contributed by atoms with Crippen LogP contribution in [0.5, 0.6) is 0 Å². The molecule has 0 aliphatic rings. The lowest BCUT2D eigenvalue weighted by molar-refractivity contribution is -0.383. The topological polar surface area (TPSA) is 98.7 Å². The SMILES string of the molecule is Cc1ccc(CN(C(=O)OCc2ccccc2)c2ccc(N)c([N+](=O)[O-])c2)cc1. The van der Waals surface area contributed by atoms with Crippen LogP contribution < -0.4 is 10.6 Å². The average Bonchev–Trinajstić information content (AvgIpc) is 2.72. The predicted molar refractivity (Wildman–Crippen MR) is 111 cm³/mol. The molecule has 3 rings (SSSR count). The number of nitrogens with zero attached hydrogens (tertiary/aromatic N) is 2. The van der Waals surface area contributed by atoms with Crippen LogP contribution in [0, 0.1) is 17.0 Å². The molecule has 0 unspecified atom stereocenters. The fourth-order valence-electron chi connectivity index (χ4n) is 2.79. The maximum Gasteiger partial charge on any atom is 0.414 e. The van der Waals surface area contributed by atoms with Gasteiger partial charge in [0.25, 0.3) is 5.69 Å². The lowest BCUT2D eigenvalue weighted by atomic mass is 10.1. The van der Waals surface area contributed by atoms with Crippen molar-refractivity contribution in [1.29, 1.82) is 0 Å². The molecule has 0 spiro atoms. The van der Waals surface area contributed by atoms with Gasteiger partial charge in [0, 0.05) is 6.07 Å². The Morgan fingerprint density at radius 1 is 1.03 bits per heavy atom. The van der Waals surface area contributed by atoms with Crippen molar-refractivity contribution in [1.82, 2.24) is 0 Å². The van der Waals surface area contributed by atoms with Gasteiger partial charge >= 0.3 is 6.09 Å². The van der Waals surface area contributed by atoms with Crippen molar-refractivity contribution >= 4 is 23.2 Å². The van der Waals surface area contributed by atoms with Crippen LogP contribution in [-0.2, 0) is 17.9 Å². The van der Waals surface area contributed by atoms with Crippen molar-refractivity contribution in [3.63, 3.8) is 0 Å². The number of nitrogens with two attached hydrogens (primary N) is 1. The standard InChI is InChI=1S/C22H21N3O4/c1-16-7-9-17(10-8-16)14-24(19-11-12-20(23)21(13-19)25(27)28)22(26)29-15-18-5-3-2-4-6-18/h2-13H,14-15,23H2,1H3. The summed E-state index contributed by atoms with van der Waals surface area (Å²) >= 11 is 0. The van der Waals surface area contributed by atoms with Gasteiger partial charge in [-0.25, -0.2) is 4.79 Å². The van der Waals surface area contributed by atoms with Gasteiger partial charge in [0.05, 0.1) is 17.2 Å². The van der Waals surface area contributed by atoms with Gasteiger partial charge in [-0.05, 0) is 30.2 Å². The zero-order valence-corrected chi connectivity index (χ0v) is 15.9. The summed E-state index contributed by atoms with van der Waals surface area (Å²) in [7, 11) is 0. The van der Waals surface area contributed by atoms with Gasteiger partial charge < -0.3 is 10.5 Å². The van der Waals surface area contributed by atoms with E-state index in [1.54, 1.807) is 6.07 Å². The van der Waals surface area contributed by atoms with Gasteiger partial charge in [0.1, 0.15) is 12.3 Å². The highest BCUT2D eigenvalue weighted by Crippen LogP contribution is 2.29. The summed E-state index contributed by atoms with van der Waals surface area (Å²) in [5.41, 5.74) is 8.62. The number of rotatable bonds is 6. The van der Waals surface area contributed by atoms with Crippen LogP contribution in [0.4, 0.5) is 21.9 Å². The summed E-state index contributed by atoms with van der Waals surface area (Å²) in [6, 6.07) is 21.3. The Kier molecular flexibility index (Phi) is 6.09. The number of carbonyl (C=O) groups excluding carboxylic acids is 1. The Bertz CT molecular complexity index is 1000. The highest BCUT2D eigenvalue weighted by Gasteiger charge is 2.22. The summed E-state index contributed by atoms with van der Waals surface area (Å²) in [6.45, 7) is 2.27. The smallest absolute Gasteiger partial charge is 0.414 e. The van der Waals surface area contributed by atoms with Crippen molar-refractivity contribution in [3.8, 4) is 0 Å². The molecule has 3 aromatic carbocycles. The van der Waals surface area contributed by atoms with Gasteiger partial charge in [-0.3, -0.25) is 15.0 Å². The predicted octanol–water partition coefficient (Wildman–Crippen LogP) is 4.83. The number of nitrogen functional groups attached to an aromatic ring is 1. The third-order valence-corrected chi connectivity index (χ3v) is 4.41. The summed E-state index contributed by atoms with van der Waals surface area (Å²) in [6.07, 6.45) is -0.603. The highest BCUT2D eigenvalue weighted by atomic mass is 16.6. The molecule has 0 saturated heterocycles. The molecule has 0 aromatic heterocycles. The van der Waals surface area contributed by atoms with Gasteiger partial charge in [-0.1, -0.05) is 60.2 Å². The van der Waals surface area contributed by atoms with Crippen LogP contribution in [0.25, 0.3) is 0 Å². The molecule has 1 amide bonds. The molecule has 0 aliphatic carbocycles. The van der Waals surface area contributed by atoms with Gasteiger partial charge in [0.2, 0.25) is 0 Å². The maximum atomic E-state index is 12.9. The lowest BCUT2D eigenvalue weighted by Gasteiger charge is -2.22. The van der Waals surface area contributed by atoms with Crippen LogP contribution in [-0.4, -0.2) is 11.0 Å². The van der Waals surface area contributed by atoms with E-state index in [0.29, 0.717) is 5.69 Å². The molecule has 0 fully saturated rings. The minimum atomic E-state index is -0.603. The first-order valence-corrected chi connectivity index (χ1v) is 9.01.